The van der Waals surface area contributed by atoms with E-state index in [1.54, 1.807) is 0 Å². The van der Waals surface area contributed by atoms with Crippen molar-refractivity contribution in [2.75, 3.05) is 17.7 Å². The summed E-state index contributed by atoms with van der Waals surface area (Å²) in [5, 5.41) is 0. The summed E-state index contributed by atoms with van der Waals surface area (Å²) in [6.07, 6.45) is 2.34. The summed E-state index contributed by atoms with van der Waals surface area (Å²) < 4.78 is 22.6. The summed E-state index contributed by atoms with van der Waals surface area (Å²) >= 11 is 0. The monoisotopic (exact) mass is 253 g/mol. The molecular weight excluding hydrogens is 234 g/mol. The van der Waals surface area contributed by atoms with Gasteiger partial charge >= 0.3 is 0 Å². The van der Waals surface area contributed by atoms with E-state index in [1.807, 2.05) is 12.1 Å². The number of anilines is 1. The van der Waals surface area contributed by atoms with Crippen LogP contribution in [-0.2, 0) is 22.0 Å². The van der Waals surface area contributed by atoms with Crippen LogP contribution in [0, 0.1) is 0 Å². The standard InChI is InChI=1S/C13H19NO2S/c1-10(2)14-7-6-12-5-4-11(8-13(12)14)9-17(3,15)16/h4-5,8,10H,6-7,9H2,1-3H3. The van der Waals surface area contributed by atoms with Crippen LogP contribution in [0.25, 0.3) is 0 Å². The predicted molar refractivity (Wildman–Crippen MR) is 71.2 cm³/mol. The van der Waals surface area contributed by atoms with Gasteiger partial charge in [0.2, 0.25) is 0 Å². The fourth-order valence-electron chi connectivity index (χ4n) is 2.38. The first-order valence-electron chi connectivity index (χ1n) is 5.93. The maximum Gasteiger partial charge on any atom is 0.151 e. The summed E-state index contributed by atoms with van der Waals surface area (Å²) in [5.74, 6) is 0.131. The fourth-order valence-corrected chi connectivity index (χ4v) is 3.16. The van der Waals surface area contributed by atoms with Crippen molar-refractivity contribution >= 4 is 15.5 Å². The topological polar surface area (TPSA) is 37.4 Å². The van der Waals surface area contributed by atoms with E-state index in [0.29, 0.717) is 6.04 Å². The Morgan fingerprint density at radius 1 is 1.35 bits per heavy atom. The molecule has 0 atom stereocenters. The molecule has 0 spiro atoms. The molecule has 0 radical (unpaired) electrons. The molecule has 17 heavy (non-hydrogen) atoms. The number of fused-ring (bicyclic) bond motifs is 1. The molecule has 1 heterocycles. The minimum absolute atomic E-state index is 0.131. The fraction of sp³-hybridized carbons (Fsp3) is 0.538. The average Bonchev–Trinajstić information content (AvgIpc) is 2.57. The molecule has 2 rings (SSSR count). The van der Waals surface area contributed by atoms with Gasteiger partial charge in [-0.3, -0.25) is 0 Å². The van der Waals surface area contributed by atoms with Crippen molar-refractivity contribution in [1.82, 2.24) is 0 Å². The normalized spacial score (nSPS) is 15.4. The zero-order valence-corrected chi connectivity index (χ0v) is 11.4. The number of nitrogens with zero attached hydrogens (tertiary/aromatic N) is 1. The third-order valence-corrected chi connectivity index (χ3v) is 3.99. The molecule has 0 aromatic heterocycles. The molecule has 0 N–H and O–H groups in total. The lowest BCUT2D eigenvalue weighted by Crippen LogP contribution is -2.28. The quantitative estimate of drug-likeness (QED) is 0.827. The predicted octanol–water partition coefficient (Wildman–Crippen LogP) is 2.00. The van der Waals surface area contributed by atoms with Gasteiger partial charge in [-0.15, -0.1) is 0 Å². The van der Waals surface area contributed by atoms with Crippen LogP contribution in [0.5, 0.6) is 0 Å². The van der Waals surface area contributed by atoms with E-state index in [-0.39, 0.29) is 5.75 Å². The van der Waals surface area contributed by atoms with E-state index in [9.17, 15) is 8.42 Å². The van der Waals surface area contributed by atoms with Gasteiger partial charge in [0.25, 0.3) is 0 Å². The first kappa shape index (κ1) is 12.4. The van der Waals surface area contributed by atoms with E-state index in [1.165, 1.54) is 17.5 Å². The Morgan fingerprint density at radius 2 is 2.06 bits per heavy atom. The maximum absolute atomic E-state index is 11.3. The van der Waals surface area contributed by atoms with Crippen molar-refractivity contribution in [3.63, 3.8) is 0 Å². The Hall–Kier alpha value is -1.03. The first-order valence-corrected chi connectivity index (χ1v) is 7.99. The molecule has 0 fully saturated rings. The Kier molecular flexibility index (Phi) is 3.17. The Labute approximate surface area is 103 Å². The van der Waals surface area contributed by atoms with Gasteiger partial charge in [-0.05, 0) is 37.5 Å². The highest BCUT2D eigenvalue weighted by Gasteiger charge is 2.21. The highest BCUT2D eigenvalue weighted by molar-refractivity contribution is 7.89. The van der Waals surface area contributed by atoms with Crippen molar-refractivity contribution in [2.24, 2.45) is 0 Å². The van der Waals surface area contributed by atoms with Gasteiger partial charge < -0.3 is 4.90 Å². The van der Waals surface area contributed by atoms with Crippen LogP contribution >= 0.6 is 0 Å². The Balaban J connectivity index is 2.33. The van der Waals surface area contributed by atoms with E-state index in [0.717, 1.165) is 18.5 Å². The molecule has 1 aliphatic heterocycles. The van der Waals surface area contributed by atoms with Crippen molar-refractivity contribution in [1.29, 1.82) is 0 Å². The lowest BCUT2D eigenvalue weighted by atomic mass is 10.1. The highest BCUT2D eigenvalue weighted by Crippen LogP contribution is 2.30. The van der Waals surface area contributed by atoms with Gasteiger partial charge in [0.15, 0.2) is 9.84 Å². The molecule has 0 aliphatic carbocycles. The minimum Gasteiger partial charge on any atom is -0.369 e. The number of benzene rings is 1. The van der Waals surface area contributed by atoms with Crippen molar-refractivity contribution in [3.8, 4) is 0 Å². The second kappa shape index (κ2) is 4.33. The first-order chi connectivity index (χ1) is 7.87. The molecular formula is C13H19NO2S. The van der Waals surface area contributed by atoms with Gasteiger partial charge in [-0.2, -0.15) is 0 Å². The molecule has 1 aromatic rings. The van der Waals surface area contributed by atoms with Crippen molar-refractivity contribution in [3.05, 3.63) is 29.3 Å². The number of hydrogen-bond acceptors (Lipinski definition) is 3. The molecule has 1 aromatic carbocycles. The van der Waals surface area contributed by atoms with Crippen LogP contribution < -0.4 is 4.90 Å². The molecule has 0 amide bonds. The smallest absolute Gasteiger partial charge is 0.151 e. The molecule has 4 heteroatoms. The van der Waals surface area contributed by atoms with Crippen molar-refractivity contribution in [2.45, 2.75) is 32.1 Å². The SMILES string of the molecule is CC(C)N1CCc2ccc(CS(C)(=O)=O)cc21. The van der Waals surface area contributed by atoms with Gasteiger partial charge in [-0.1, -0.05) is 12.1 Å². The lowest BCUT2D eigenvalue weighted by Gasteiger charge is -2.24. The molecule has 3 nitrogen and oxygen atoms in total. The van der Waals surface area contributed by atoms with Gasteiger partial charge in [0, 0.05) is 24.5 Å². The van der Waals surface area contributed by atoms with Gasteiger partial charge in [0.05, 0.1) is 5.75 Å². The summed E-state index contributed by atoms with van der Waals surface area (Å²) in [6, 6.07) is 6.50. The van der Waals surface area contributed by atoms with E-state index < -0.39 is 9.84 Å². The minimum atomic E-state index is -2.95. The van der Waals surface area contributed by atoms with Crippen LogP contribution in [0.3, 0.4) is 0 Å². The third kappa shape index (κ3) is 2.80. The average molecular weight is 253 g/mol. The zero-order chi connectivity index (χ0) is 12.6. The van der Waals surface area contributed by atoms with Crippen LogP contribution in [-0.4, -0.2) is 27.3 Å². The Bertz CT molecular complexity index is 520. The summed E-state index contributed by atoms with van der Waals surface area (Å²) in [4.78, 5) is 2.33. The van der Waals surface area contributed by atoms with Gasteiger partial charge in [0.1, 0.15) is 0 Å². The van der Waals surface area contributed by atoms with Crippen molar-refractivity contribution < 1.29 is 8.42 Å². The van der Waals surface area contributed by atoms with Crippen LogP contribution in [0.2, 0.25) is 0 Å². The number of sulfone groups is 1. The van der Waals surface area contributed by atoms with Crippen LogP contribution in [0.15, 0.2) is 18.2 Å². The van der Waals surface area contributed by atoms with Crippen LogP contribution in [0.1, 0.15) is 25.0 Å². The molecule has 0 unspecified atom stereocenters. The lowest BCUT2D eigenvalue weighted by molar-refractivity contribution is 0.601. The van der Waals surface area contributed by atoms with Crippen LogP contribution in [0.4, 0.5) is 5.69 Å². The molecule has 94 valence electrons. The molecule has 0 saturated heterocycles. The summed E-state index contributed by atoms with van der Waals surface area (Å²) in [7, 11) is -2.95. The third-order valence-electron chi connectivity index (χ3n) is 3.13. The molecule has 0 saturated carbocycles. The zero-order valence-electron chi connectivity index (χ0n) is 10.6. The second-order valence-electron chi connectivity index (χ2n) is 5.07. The van der Waals surface area contributed by atoms with E-state index >= 15 is 0 Å². The second-order valence-corrected chi connectivity index (χ2v) is 7.21. The summed E-state index contributed by atoms with van der Waals surface area (Å²) in [6.45, 7) is 5.37. The largest absolute Gasteiger partial charge is 0.369 e. The van der Waals surface area contributed by atoms with Gasteiger partial charge in [-0.25, -0.2) is 8.42 Å². The molecule has 1 aliphatic rings. The Morgan fingerprint density at radius 3 is 2.65 bits per heavy atom. The molecule has 0 bridgehead atoms. The number of rotatable bonds is 3. The van der Waals surface area contributed by atoms with E-state index in [2.05, 4.69) is 24.8 Å². The maximum atomic E-state index is 11.3. The highest BCUT2D eigenvalue weighted by atomic mass is 32.2. The number of hydrogen-bond donors (Lipinski definition) is 0. The summed E-state index contributed by atoms with van der Waals surface area (Å²) in [5.41, 5.74) is 3.43. The van der Waals surface area contributed by atoms with E-state index in [4.69, 9.17) is 0 Å².